The summed E-state index contributed by atoms with van der Waals surface area (Å²) in [6.45, 7) is 6.99. The fourth-order valence-corrected chi connectivity index (χ4v) is 2.28. The third-order valence-corrected chi connectivity index (χ3v) is 3.29. The van der Waals surface area contributed by atoms with Crippen LogP contribution in [0.1, 0.15) is 27.8 Å². The van der Waals surface area contributed by atoms with E-state index in [-0.39, 0.29) is 0 Å². The van der Waals surface area contributed by atoms with Crippen LogP contribution in [-0.4, -0.2) is 6.21 Å². The second kappa shape index (κ2) is 6.03. The average Bonchev–Trinajstić information content (AvgIpc) is 2.34. The second-order valence-corrected chi connectivity index (χ2v) is 5.25. The lowest BCUT2D eigenvalue weighted by molar-refractivity contribution is 1.07. The summed E-state index contributed by atoms with van der Waals surface area (Å²) in [5.74, 6) is 0. The minimum absolute atomic E-state index is 0.629. The molecule has 98 valence electrons. The monoisotopic (exact) mass is 270 g/mol. The minimum atomic E-state index is 0.629. The van der Waals surface area contributed by atoms with Gasteiger partial charge in [-0.3, -0.25) is 4.99 Å². The Morgan fingerprint density at radius 2 is 1.84 bits per heavy atom. The molecule has 0 bridgehead atoms. The van der Waals surface area contributed by atoms with Gasteiger partial charge in [-0.2, -0.15) is 35.9 Å². The van der Waals surface area contributed by atoms with Gasteiger partial charge in [0.2, 0.25) is 0 Å². The molecule has 0 N–H and O–H groups in total. The maximum atomic E-state index is 5.83. The van der Waals surface area contributed by atoms with Gasteiger partial charge in [0.15, 0.2) is 0 Å². The number of rotatable bonds is 3. The van der Waals surface area contributed by atoms with Crippen molar-refractivity contribution in [3.63, 3.8) is 0 Å². The fraction of sp³-hybridized carbons (Fsp3) is 0.235. The van der Waals surface area contributed by atoms with Gasteiger partial charge in [-0.1, -0.05) is 22.7 Å². The van der Waals surface area contributed by atoms with E-state index >= 15 is 0 Å². The molecule has 0 amide bonds. The van der Waals surface area contributed by atoms with Crippen molar-refractivity contribution in [1.82, 2.24) is 0 Å². The molecule has 19 heavy (non-hydrogen) atoms. The number of benzene rings is 2. The van der Waals surface area contributed by atoms with Crippen LogP contribution in [-0.2, 0) is 6.54 Å². The van der Waals surface area contributed by atoms with Crippen LogP contribution >= 0.6 is 11.6 Å². The third-order valence-electron chi connectivity index (χ3n) is 3.06. The Labute approximate surface area is 120 Å². The van der Waals surface area contributed by atoms with Crippen molar-refractivity contribution in [3.8, 4) is 0 Å². The van der Waals surface area contributed by atoms with Gasteiger partial charge < -0.3 is 0 Å². The van der Waals surface area contributed by atoms with Crippen molar-refractivity contribution in [2.45, 2.75) is 27.3 Å². The summed E-state index contributed by atoms with van der Waals surface area (Å²) in [6, 6.07) is 13.1. The minimum Gasteiger partial charge on any atom is -0.290 e. The van der Waals surface area contributed by atoms with E-state index in [2.05, 4.69) is 44.0 Å². The smallest absolute Gasteiger partial charge is 0.0415 e. The molecule has 0 saturated carbocycles. The highest BCUT2D eigenvalue weighted by atomic mass is 35.5. The van der Waals surface area contributed by atoms with Gasteiger partial charge in [-0.05, 0) is 37.5 Å². The van der Waals surface area contributed by atoms with Crippen LogP contribution in [0.5, 0.6) is 0 Å². The topological polar surface area (TPSA) is 12.4 Å². The van der Waals surface area contributed by atoms with Crippen LogP contribution in [0.15, 0.2) is 35.3 Å². The van der Waals surface area contributed by atoms with Gasteiger partial charge in [-0.25, -0.2) is 0 Å². The van der Waals surface area contributed by atoms with Crippen LogP contribution in [0.25, 0.3) is 0 Å². The standard InChI is InChI=1S/C17H17ClN/c1-12-8-13(2)17(14(3)9-12)11-19-10-15-4-6-16(18)7-5-15/h4,6-9,11H,10H2,1-3H3/q-1. The predicted octanol–water partition coefficient (Wildman–Crippen LogP) is 4.68. The Morgan fingerprint density at radius 1 is 1.16 bits per heavy atom. The van der Waals surface area contributed by atoms with Gasteiger partial charge in [0.05, 0.1) is 0 Å². The summed E-state index contributed by atoms with van der Waals surface area (Å²) in [7, 11) is 0. The molecule has 0 saturated heterocycles. The molecule has 2 aromatic rings. The molecule has 1 nitrogen and oxygen atoms in total. The number of hydrogen-bond acceptors (Lipinski definition) is 1. The molecule has 0 aliphatic heterocycles. The summed E-state index contributed by atoms with van der Waals surface area (Å²) >= 11 is 5.83. The van der Waals surface area contributed by atoms with E-state index in [0.717, 1.165) is 5.56 Å². The van der Waals surface area contributed by atoms with Gasteiger partial charge in [0, 0.05) is 12.8 Å². The highest BCUT2D eigenvalue weighted by molar-refractivity contribution is 6.30. The van der Waals surface area contributed by atoms with E-state index in [0.29, 0.717) is 11.6 Å². The molecule has 0 fully saturated rings. The van der Waals surface area contributed by atoms with Crippen molar-refractivity contribution in [3.05, 3.63) is 69.2 Å². The highest BCUT2D eigenvalue weighted by Crippen LogP contribution is 2.15. The van der Waals surface area contributed by atoms with E-state index in [1.54, 1.807) is 6.07 Å². The molecule has 0 atom stereocenters. The zero-order chi connectivity index (χ0) is 13.8. The van der Waals surface area contributed by atoms with Crippen LogP contribution in [0.2, 0.25) is 5.02 Å². The molecule has 0 aliphatic rings. The molecule has 2 heteroatoms. The van der Waals surface area contributed by atoms with E-state index < -0.39 is 0 Å². The van der Waals surface area contributed by atoms with Crippen LogP contribution in [0.3, 0.4) is 0 Å². The molecular formula is C17H17ClN-. The van der Waals surface area contributed by atoms with Crippen LogP contribution in [0.4, 0.5) is 0 Å². The maximum absolute atomic E-state index is 5.83. The highest BCUT2D eigenvalue weighted by Gasteiger charge is 2.00. The maximum Gasteiger partial charge on any atom is 0.0415 e. The molecule has 2 rings (SSSR count). The van der Waals surface area contributed by atoms with Gasteiger partial charge in [0.25, 0.3) is 0 Å². The van der Waals surface area contributed by atoms with Gasteiger partial charge in [-0.15, -0.1) is 5.56 Å². The summed E-state index contributed by atoms with van der Waals surface area (Å²) in [4.78, 5) is 4.49. The normalized spacial score (nSPS) is 11.2. The Bertz CT molecular complexity index is 574. The van der Waals surface area contributed by atoms with E-state index in [9.17, 15) is 0 Å². The van der Waals surface area contributed by atoms with Crippen molar-refractivity contribution in [2.75, 3.05) is 0 Å². The first-order chi connectivity index (χ1) is 9.06. The zero-order valence-corrected chi connectivity index (χ0v) is 12.3. The van der Waals surface area contributed by atoms with Crippen molar-refractivity contribution < 1.29 is 0 Å². The van der Waals surface area contributed by atoms with Crippen LogP contribution < -0.4 is 0 Å². The first-order valence-electron chi connectivity index (χ1n) is 6.30. The summed E-state index contributed by atoms with van der Waals surface area (Å²) < 4.78 is 0. The van der Waals surface area contributed by atoms with Gasteiger partial charge in [0.1, 0.15) is 0 Å². The largest absolute Gasteiger partial charge is 0.290 e. The third kappa shape index (κ3) is 3.68. The Balaban J connectivity index is 2.13. The lowest BCUT2D eigenvalue weighted by Crippen LogP contribution is -1.94. The van der Waals surface area contributed by atoms with Crippen molar-refractivity contribution in [1.29, 1.82) is 0 Å². The number of nitrogens with zero attached hydrogens (tertiary/aromatic N) is 1. The molecule has 0 aromatic heterocycles. The number of hydrogen-bond donors (Lipinski definition) is 0. The quantitative estimate of drug-likeness (QED) is 0.567. The summed E-state index contributed by atoms with van der Waals surface area (Å²) in [5.41, 5.74) is 6.07. The summed E-state index contributed by atoms with van der Waals surface area (Å²) in [5, 5.41) is 0.706. The molecule has 0 radical (unpaired) electrons. The lowest BCUT2D eigenvalue weighted by Gasteiger charge is -2.07. The number of halogens is 1. The van der Waals surface area contributed by atoms with E-state index in [1.165, 1.54) is 22.3 Å². The molecule has 0 spiro atoms. The number of aliphatic imine (C=N–C) groups is 1. The summed E-state index contributed by atoms with van der Waals surface area (Å²) in [6.07, 6.45) is 1.95. The molecule has 0 aliphatic carbocycles. The van der Waals surface area contributed by atoms with Crippen LogP contribution in [0, 0.1) is 26.8 Å². The molecular weight excluding hydrogens is 254 g/mol. The Kier molecular flexibility index (Phi) is 4.39. The Morgan fingerprint density at radius 3 is 2.42 bits per heavy atom. The second-order valence-electron chi connectivity index (χ2n) is 4.81. The zero-order valence-electron chi connectivity index (χ0n) is 11.5. The number of aryl methyl sites for hydroxylation is 3. The molecule has 0 unspecified atom stereocenters. The van der Waals surface area contributed by atoms with Gasteiger partial charge >= 0.3 is 0 Å². The van der Waals surface area contributed by atoms with Crippen molar-refractivity contribution >= 4 is 17.8 Å². The first kappa shape index (κ1) is 13.8. The fourth-order valence-electron chi connectivity index (χ4n) is 2.17. The van der Waals surface area contributed by atoms with E-state index in [4.69, 9.17) is 11.6 Å². The molecule has 0 heterocycles. The predicted molar refractivity (Wildman–Crippen MR) is 82.2 cm³/mol. The SMILES string of the molecule is Cc1cc(C)c(C=NCc2[c-]cc(Cl)cc2)c(C)c1. The molecule has 2 aromatic carbocycles. The first-order valence-corrected chi connectivity index (χ1v) is 6.68. The van der Waals surface area contributed by atoms with E-state index in [1.807, 2.05) is 18.3 Å². The Hall–Kier alpha value is -1.60. The average molecular weight is 271 g/mol. The van der Waals surface area contributed by atoms with Crippen molar-refractivity contribution in [2.24, 2.45) is 4.99 Å². The lowest BCUT2D eigenvalue weighted by atomic mass is 10.0.